The number of carbonyl (C=O) groups excluding carboxylic acids is 2. The van der Waals surface area contributed by atoms with Crippen LogP contribution in [0, 0.1) is 0 Å². The van der Waals surface area contributed by atoms with Gasteiger partial charge in [0.15, 0.2) is 0 Å². The van der Waals surface area contributed by atoms with E-state index >= 15 is 0 Å². The van der Waals surface area contributed by atoms with E-state index in [4.69, 9.17) is 5.73 Å². The predicted molar refractivity (Wildman–Crippen MR) is 101 cm³/mol. The summed E-state index contributed by atoms with van der Waals surface area (Å²) in [6.07, 6.45) is 5.84. The molecule has 1 saturated heterocycles. The summed E-state index contributed by atoms with van der Waals surface area (Å²) in [6, 6.07) is 7.45. The number of hydrogen-bond acceptors (Lipinski definition) is 3. The third-order valence-electron chi connectivity index (χ3n) is 4.98. The maximum absolute atomic E-state index is 12.5. The second kappa shape index (κ2) is 8.94. The molecule has 2 fully saturated rings. The molecule has 0 bridgehead atoms. The first-order valence-electron chi connectivity index (χ1n) is 8.84. The summed E-state index contributed by atoms with van der Waals surface area (Å²) in [5, 5.41) is 3.14. The minimum Gasteiger partial charge on any atom is -0.398 e. The summed E-state index contributed by atoms with van der Waals surface area (Å²) in [4.78, 5) is 28.5. The highest BCUT2D eigenvalue weighted by molar-refractivity contribution is 5.99. The number of nitrogens with two attached hydrogens (primary N) is 1. The van der Waals surface area contributed by atoms with E-state index < -0.39 is 0 Å². The van der Waals surface area contributed by atoms with Crippen molar-refractivity contribution in [3.05, 3.63) is 29.8 Å². The van der Waals surface area contributed by atoms with Gasteiger partial charge in [0.05, 0.1) is 5.56 Å². The third-order valence-corrected chi connectivity index (χ3v) is 4.98. The van der Waals surface area contributed by atoms with Crippen molar-refractivity contribution in [3.63, 3.8) is 0 Å². The molecule has 0 aromatic heterocycles. The van der Waals surface area contributed by atoms with Crippen LogP contribution in [-0.2, 0) is 0 Å². The largest absolute Gasteiger partial charge is 0.398 e. The fourth-order valence-corrected chi connectivity index (χ4v) is 3.49. The lowest BCUT2D eigenvalue weighted by Crippen LogP contribution is -2.54. The lowest BCUT2D eigenvalue weighted by molar-refractivity contribution is 0.0663. The first-order valence-corrected chi connectivity index (χ1v) is 8.84. The molecule has 3 N–H and O–H groups in total. The van der Waals surface area contributed by atoms with Crippen molar-refractivity contribution < 1.29 is 9.59 Å². The molecular formula is C18H27ClN4O2. The standard InChI is InChI=1S/C18H26N4O2.ClH/c19-16-9-5-4-8-15(16)17(23)21-10-12-22(13-11-21)18(24)20-14-6-2-1-3-7-14;/h4-5,8-9,14H,1-3,6-7,10-13,19H2,(H,20,24);1H. The Morgan fingerprint density at radius 2 is 1.56 bits per heavy atom. The number of nitrogens with zero attached hydrogens (tertiary/aromatic N) is 2. The Morgan fingerprint density at radius 3 is 2.20 bits per heavy atom. The predicted octanol–water partition coefficient (Wildman–Crippen LogP) is 2.49. The molecule has 3 amide bonds. The van der Waals surface area contributed by atoms with Crippen LogP contribution in [-0.4, -0.2) is 54.0 Å². The summed E-state index contributed by atoms with van der Waals surface area (Å²) >= 11 is 0. The van der Waals surface area contributed by atoms with Gasteiger partial charge in [-0.3, -0.25) is 4.79 Å². The molecule has 0 spiro atoms. The Hall–Kier alpha value is -1.95. The van der Waals surface area contributed by atoms with E-state index in [0.717, 1.165) is 12.8 Å². The van der Waals surface area contributed by atoms with Crippen LogP contribution >= 0.6 is 12.4 Å². The molecule has 0 radical (unpaired) electrons. The minimum absolute atomic E-state index is 0. The number of rotatable bonds is 2. The van der Waals surface area contributed by atoms with Gasteiger partial charge in [0.2, 0.25) is 0 Å². The molecule has 6 nitrogen and oxygen atoms in total. The smallest absolute Gasteiger partial charge is 0.317 e. The van der Waals surface area contributed by atoms with Crippen molar-refractivity contribution in [2.24, 2.45) is 0 Å². The second-order valence-electron chi connectivity index (χ2n) is 6.65. The summed E-state index contributed by atoms with van der Waals surface area (Å²) < 4.78 is 0. The number of piperazine rings is 1. The average Bonchev–Trinajstić information content (AvgIpc) is 2.62. The molecule has 1 aromatic rings. The number of hydrogen-bond donors (Lipinski definition) is 2. The van der Waals surface area contributed by atoms with E-state index in [1.807, 2.05) is 17.0 Å². The zero-order valence-electron chi connectivity index (χ0n) is 14.4. The van der Waals surface area contributed by atoms with Gasteiger partial charge in [0.1, 0.15) is 0 Å². The zero-order valence-corrected chi connectivity index (χ0v) is 15.3. The quantitative estimate of drug-likeness (QED) is 0.789. The highest BCUT2D eigenvalue weighted by Crippen LogP contribution is 2.18. The number of benzene rings is 1. The van der Waals surface area contributed by atoms with Gasteiger partial charge < -0.3 is 20.9 Å². The van der Waals surface area contributed by atoms with Crippen LogP contribution in [0.2, 0.25) is 0 Å². The summed E-state index contributed by atoms with van der Waals surface area (Å²) in [5.41, 5.74) is 6.93. The molecule has 25 heavy (non-hydrogen) atoms. The van der Waals surface area contributed by atoms with E-state index in [-0.39, 0.29) is 24.3 Å². The molecule has 1 heterocycles. The van der Waals surface area contributed by atoms with Crippen molar-refractivity contribution in [2.75, 3.05) is 31.9 Å². The molecule has 1 aliphatic heterocycles. The maximum atomic E-state index is 12.5. The summed E-state index contributed by atoms with van der Waals surface area (Å²) in [7, 11) is 0. The van der Waals surface area contributed by atoms with Crippen LogP contribution in [0.15, 0.2) is 24.3 Å². The van der Waals surface area contributed by atoms with Gasteiger partial charge in [-0.1, -0.05) is 31.4 Å². The third kappa shape index (κ3) is 4.78. The highest BCUT2D eigenvalue weighted by atomic mass is 35.5. The molecular weight excluding hydrogens is 340 g/mol. The number of nitrogen functional groups attached to an aromatic ring is 1. The van der Waals surface area contributed by atoms with Crippen LogP contribution in [0.3, 0.4) is 0 Å². The molecule has 1 saturated carbocycles. The van der Waals surface area contributed by atoms with Crippen molar-refractivity contribution in [1.82, 2.24) is 15.1 Å². The Kier molecular flexibility index (Phi) is 6.93. The zero-order chi connectivity index (χ0) is 16.9. The average molecular weight is 367 g/mol. The number of urea groups is 1. The Bertz CT molecular complexity index is 596. The maximum Gasteiger partial charge on any atom is 0.317 e. The van der Waals surface area contributed by atoms with Crippen molar-refractivity contribution in [3.8, 4) is 0 Å². The normalized spacial score (nSPS) is 18.4. The number of anilines is 1. The molecule has 3 rings (SSSR count). The van der Waals surface area contributed by atoms with Gasteiger partial charge >= 0.3 is 6.03 Å². The Balaban J connectivity index is 0.00000225. The van der Waals surface area contributed by atoms with E-state index in [0.29, 0.717) is 43.5 Å². The van der Waals surface area contributed by atoms with Gasteiger partial charge in [-0.15, -0.1) is 12.4 Å². The summed E-state index contributed by atoms with van der Waals surface area (Å²) in [6.45, 7) is 2.23. The number of carbonyl (C=O) groups is 2. The van der Waals surface area contributed by atoms with E-state index in [1.165, 1.54) is 19.3 Å². The van der Waals surface area contributed by atoms with Crippen LogP contribution in [0.25, 0.3) is 0 Å². The van der Waals surface area contributed by atoms with Gasteiger partial charge in [-0.25, -0.2) is 4.79 Å². The molecule has 1 aromatic carbocycles. The van der Waals surface area contributed by atoms with E-state index in [9.17, 15) is 9.59 Å². The molecule has 7 heteroatoms. The number of nitrogens with one attached hydrogen (secondary N) is 1. The van der Waals surface area contributed by atoms with Crippen LogP contribution in [0.5, 0.6) is 0 Å². The molecule has 1 aliphatic carbocycles. The second-order valence-corrected chi connectivity index (χ2v) is 6.65. The minimum atomic E-state index is -0.0551. The van der Waals surface area contributed by atoms with Crippen molar-refractivity contribution >= 4 is 30.0 Å². The van der Waals surface area contributed by atoms with E-state index in [1.54, 1.807) is 17.0 Å². The lowest BCUT2D eigenvalue weighted by atomic mass is 9.96. The molecule has 0 atom stereocenters. The van der Waals surface area contributed by atoms with Crippen LogP contribution in [0.4, 0.5) is 10.5 Å². The Morgan fingerprint density at radius 1 is 0.960 bits per heavy atom. The number of para-hydroxylation sites is 1. The first kappa shape index (κ1) is 19.4. The van der Waals surface area contributed by atoms with Gasteiger partial charge in [0.25, 0.3) is 5.91 Å². The number of amides is 3. The molecule has 0 unspecified atom stereocenters. The molecule has 138 valence electrons. The van der Waals surface area contributed by atoms with Crippen LogP contribution < -0.4 is 11.1 Å². The van der Waals surface area contributed by atoms with Crippen molar-refractivity contribution in [2.45, 2.75) is 38.1 Å². The SMILES string of the molecule is Cl.Nc1ccccc1C(=O)N1CCN(C(=O)NC2CCCCC2)CC1. The molecule has 2 aliphatic rings. The lowest BCUT2D eigenvalue weighted by Gasteiger charge is -2.36. The van der Waals surface area contributed by atoms with Crippen molar-refractivity contribution in [1.29, 1.82) is 0 Å². The fourth-order valence-electron chi connectivity index (χ4n) is 3.49. The topological polar surface area (TPSA) is 78.7 Å². The number of halogens is 1. The summed E-state index contributed by atoms with van der Waals surface area (Å²) in [5.74, 6) is -0.0551. The van der Waals surface area contributed by atoms with Gasteiger partial charge in [-0.05, 0) is 25.0 Å². The first-order chi connectivity index (χ1) is 11.6. The monoisotopic (exact) mass is 366 g/mol. The fraction of sp³-hybridized carbons (Fsp3) is 0.556. The van der Waals surface area contributed by atoms with Gasteiger partial charge in [0, 0.05) is 37.9 Å². The van der Waals surface area contributed by atoms with Gasteiger partial charge in [-0.2, -0.15) is 0 Å². The Labute approximate surface area is 155 Å². The highest BCUT2D eigenvalue weighted by Gasteiger charge is 2.27. The van der Waals surface area contributed by atoms with Crippen LogP contribution in [0.1, 0.15) is 42.5 Å². The van der Waals surface area contributed by atoms with E-state index in [2.05, 4.69) is 5.32 Å².